The summed E-state index contributed by atoms with van der Waals surface area (Å²) in [6.45, 7) is 2.88. The van der Waals surface area contributed by atoms with E-state index in [2.05, 4.69) is 0 Å². The quantitative estimate of drug-likeness (QED) is 0.809. The van der Waals surface area contributed by atoms with E-state index in [0.29, 0.717) is 18.8 Å². The van der Waals surface area contributed by atoms with E-state index >= 15 is 0 Å². The number of hydrogen-bond acceptors (Lipinski definition) is 2. The smallest absolute Gasteiger partial charge is 0.390 e. The highest BCUT2D eigenvalue weighted by Gasteiger charge is 2.27. The second kappa shape index (κ2) is 5.91. The molecule has 0 amide bonds. The molecule has 0 heterocycles. The molecule has 5 heteroatoms. The molecule has 0 aliphatic rings. The minimum atomic E-state index is -4.10. The molecule has 0 aliphatic carbocycles. The van der Waals surface area contributed by atoms with Gasteiger partial charge in [0, 0.05) is 18.8 Å². The highest BCUT2D eigenvalue weighted by molar-refractivity contribution is 5.46. The fourth-order valence-electron chi connectivity index (χ4n) is 1.55. The predicted molar refractivity (Wildman–Crippen MR) is 62.5 cm³/mol. The molecular formula is C12H17F3N2. The first-order chi connectivity index (χ1) is 7.92. The van der Waals surface area contributed by atoms with Crippen LogP contribution in [0.3, 0.4) is 0 Å². The first kappa shape index (κ1) is 13.8. The lowest BCUT2D eigenvalue weighted by molar-refractivity contribution is -0.138. The molecule has 2 N–H and O–H groups in total. The van der Waals surface area contributed by atoms with E-state index in [1.54, 1.807) is 11.0 Å². The van der Waals surface area contributed by atoms with Crippen molar-refractivity contribution in [3.8, 4) is 0 Å². The Morgan fingerprint density at radius 1 is 1.24 bits per heavy atom. The van der Waals surface area contributed by atoms with Crippen LogP contribution < -0.4 is 5.73 Å². The molecule has 0 aromatic heterocycles. The molecule has 0 spiro atoms. The summed E-state index contributed by atoms with van der Waals surface area (Å²) in [6, 6.07) is 7.24. The number of alkyl halides is 3. The number of anilines is 1. The standard InChI is InChI=1S/C12H17F3N2/c1-2-17(8-7-12(13,14)15)9-10-5-3-4-6-11(10)16/h3-6H,2,7-9,16H2,1H3. The molecular weight excluding hydrogens is 229 g/mol. The summed E-state index contributed by atoms with van der Waals surface area (Å²) in [4.78, 5) is 1.74. The molecule has 0 unspecified atom stereocenters. The number of nitrogens with two attached hydrogens (primary N) is 1. The van der Waals surface area contributed by atoms with Gasteiger partial charge in [0.25, 0.3) is 0 Å². The Kier molecular flexibility index (Phi) is 4.81. The summed E-state index contributed by atoms with van der Waals surface area (Å²) < 4.78 is 36.4. The number of hydrogen-bond donors (Lipinski definition) is 1. The van der Waals surface area contributed by atoms with Crippen molar-refractivity contribution in [3.05, 3.63) is 29.8 Å². The van der Waals surface area contributed by atoms with Crippen molar-refractivity contribution in [1.82, 2.24) is 4.90 Å². The number of para-hydroxylation sites is 1. The Bertz CT molecular complexity index is 350. The van der Waals surface area contributed by atoms with E-state index in [0.717, 1.165) is 5.56 Å². The van der Waals surface area contributed by atoms with Crippen molar-refractivity contribution < 1.29 is 13.2 Å². The van der Waals surface area contributed by atoms with E-state index in [1.807, 2.05) is 25.1 Å². The summed E-state index contributed by atoms with van der Waals surface area (Å²) in [5.41, 5.74) is 7.25. The van der Waals surface area contributed by atoms with Gasteiger partial charge in [-0.05, 0) is 18.2 Å². The molecule has 17 heavy (non-hydrogen) atoms. The van der Waals surface area contributed by atoms with Gasteiger partial charge in [-0.3, -0.25) is 4.90 Å². The first-order valence-corrected chi connectivity index (χ1v) is 5.55. The van der Waals surface area contributed by atoms with Crippen molar-refractivity contribution in [1.29, 1.82) is 0 Å². The van der Waals surface area contributed by atoms with Crippen LogP contribution in [-0.2, 0) is 6.54 Å². The Balaban J connectivity index is 2.56. The largest absolute Gasteiger partial charge is 0.398 e. The third-order valence-electron chi connectivity index (χ3n) is 2.61. The van der Waals surface area contributed by atoms with E-state index in [-0.39, 0.29) is 6.54 Å². The van der Waals surface area contributed by atoms with Crippen LogP contribution in [0.1, 0.15) is 18.9 Å². The molecule has 96 valence electrons. The summed E-state index contributed by atoms with van der Waals surface area (Å²) in [5, 5.41) is 0. The lowest BCUT2D eigenvalue weighted by Gasteiger charge is -2.21. The number of rotatable bonds is 5. The van der Waals surface area contributed by atoms with Gasteiger partial charge in [0.1, 0.15) is 0 Å². The Morgan fingerprint density at radius 3 is 2.41 bits per heavy atom. The molecule has 1 aromatic rings. The van der Waals surface area contributed by atoms with Crippen LogP contribution >= 0.6 is 0 Å². The zero-order valence-corrected chi connectivity index (χ0v) is 9.80. The molecule has 0 saturated heterocycles. The summed E-state index contributed by atoms with van der Waals surface area (Å²) in [6.07, 6.45) is -4.89. The van der Waals surface area contributed by atoms with Gasteiger partial charge >= 0.3 is 6.18 Å². The van der Waals surface area contributed by atoms with Crippen molar-refractivity contribution in [3.63, 3.8) is 0 Å². The molecule has 1 rings (SSSR count). The Hall–Kier alpha value is -1.23. The van der Waals surface area contributed by atoms with Crippen molar-refractivity contribution in [2.75, 3.05) is 18.8 Å². The van der Waals surface area contributed by atoms with Gasteiger partial charge in [-0.1, -0.05) is 25.1 Å². The molecule has 0 bridgehead atoms. The monoisotopic (exact) mass is 246 g/mol. The lowest BCUT2D eigenvalue weighted by atomic mass is 10.1. The van der Waals surface area contributed by atoms with Gasteiger partial charge in [-0.2, -0.15) is 13.2 Å². The van der Waals surface area contributed by atoms with Crippen molar-refractivity contribution >= 4 is 5.69 Å². The third kappa shape index (κ3) is 5.08. The summed E-state index contributed by atoms with van der Waals surface area (Å²) in [7, 11) is 0. The fraction of sp³-hybridized carbons (Fsp3) is 0.500. The van der Waals surface area contributed by atoms with E-state index < -0.39 is 12.6 Å². The summed E-state index contributed by atoms with van der Waals surface area (Å²) in [5.74, 6) is 0. The second-order valence-electron chi connectivity index (χ2n) is 3.93. The SMILES string of the molecule is CCN(CCC(F)(F)F)Cc1ccccc1N. The Labute approximate surface area is 99.2 Å². The molecule has 0 saturated carbocycles. The maximum absolute atomic E-state index is 12.1. The predicted octanol–water partition coefficient (Wildman–Crippen LogP) is 3.04. The zero-order valence-electron chi connectivity index (χ0n) is 9.80. The van der Waals surface area contributed by atoms with Crippen LogP contribution in [0.2, 0.25) is 0 Å². The third-order valence-corrected chi connectivity index (χ3v) is 2.61. The van der Waals surface area contributed by atoms with Gasteiger partial charge in [0.2, 0.25) is 0 Å². The topological polar surface area (TPSA) is 29.3 Å². The minimum absolute atomic E-state index is 0.00827. The van der Waals surface area contributed by atoms with Crippen LogP contribution in [0, 0.1) is 0 Å². The van der Waals surface area contributed by atoms with Gasteiger partial charge in [0.05, 0.1) is 6.42 Å². The second-order valence-corrected chi connectivity index (χ2v) is 3.93. The van der Waals surface area contributed by atoms with Crippen LogP contribution in [-0.4, -0.2) is 24.2 Å². The molecule has 1 aromatic carbocycles. The zero-order chi connectivity index (χ0) is 12.9. The molecule has 0 radical (unpaired) electrons. The van der Waals surface area contributed by atoms with Crippen molar-refractivity contribution in [2.24, 2.45) is 0 Å². The van der Waals surface area contributed by atoms with Crippen LogP contribution in [0.4, 0.5) is 18.9 Å². The van der Waals surface area contributed by atoms with E-state index in [9.17, 15) is 13.2 Å². The Morgan fingerprint density at radius 2 is 1.88 bits per heavy atom. The minimum Gasteiger partial charge on any atom is -0.398 e. The number of nitrogen functional groups attached to an aromatic ring is 1. The molecule has 0 atom stereocenters. The fourth-order valence-corrected chi connectivity index (χ4v) is 1.55. The summed E-state index contributed by atoms with van der Waals surface area (Å²) >= 11 is 0. The first-order valence-electron chi connectivity index (χ1n) is 5.55. The number of nitrogens with zero attached hydrogens (tertiary/aromatic N) is 1. The van der Waals surface area contributed by atoms with Gasteiger partial charge < -0.3 is 5.73 Å². The van der Waals surface area contributed by atoms with Crippen LogP contribution in [0.15, 0.2) is 24.3 Å². The average Bonchev–Trinajstić information content (AvgIpc) is 2.25. The lowest BCUT2D eigenvalue weighted by Crippen LogP contribution is -2.28. The highest BCUT2D eigenvalue weighted by Crippen LogP contribution is 2.21. The molecule has 0 aliphatic heterocycles. The van der Waals surface area contributed by atoms with Crippen LogP contribution in [0.5, 0.6) is 0 Å². The van der Waals surface area contributed by atoms with E-state index in [4.69, 9.17) is 5.73 Å². The van der Waals surface area contributed by atoms with Gasteiger partial charge in [0.15, 0.2) is 0 Å². The maximum Gasteiger partial charge on any atom is 0.390 e. The van der Waals surface area contributed by atoms with E-state index in [1.165, 1.54) is 0 Å². The van der Waals surface area contributed by atoms with Gasteiger partial charge in [-0.15, -0.1) is 0 Å². The number of halogens is 3. The average molecular weight is 246 g/mol. The van der Waals surface area contributed by atoms with Crippen molar-refractivity contribution in [2.45, 2.75) is 26.1 Å². The number of benzene rings is 1. The highest BCUT2D eigenvalue weighted by atomic mass is 19.4. The normalized spacial score (nSPS) is 12.1. The molecule has 2 nitrogen and oxygen atoms in total. The van der Waals surface area contributed by atoms with Gasteiger partial charge in [-0.25, -0.2) is 0 Å². The molecule has 0 fully saturated rings. The van der Waals surface area contributed by atoms with Crippen LogP contribution in [0.25, 0.3) is 0 Å². The maximum atomic E-state index is 12.1.